The molecule has 0 bridgehead atoms. The lowest BCUT2D eigenvalue weighted by molar-refractivity contribution is 0.0474. The summed E-state index contributed by atoms with van der Waals surface area (Å²) in [6.45, 7) is 0.319. The lowest BCUT2D eigenvalue weighted by Crippen LogP contribution is -2.07. The predicted molar refractivity (Wildman–Crippen MR) is 83.6 cm³/mol. The molecule has 4 nitrogen and oxygen atoms in total. The molecule has 0 atom stereocenters. The third kappa shape index (κ3) is 2.37. The Labute approximate surface area is 128 Å². The van der Waals surface area contributed by atoms with Crippen LogP contribution in [0.5, 0.6) is 0 Å². The van der Waals surface area contributed by atoms with Gasteiger partial charge in [-0.3, -0.25) is 0 Å². The maximum absolute atomic E-state index is 12.4. The first kappa shape index (κ1) is 13.1. The summed E-state index contributed by atoms with van der Waals surface area (Å²) in [6.07, 6.45) is 5.86. The summed E-state index contributed by atoms with van der Waals surface area (Å²) in [5.74, 6) is 0.338. The van der Waals surface area contributed by atoms with Crippen molar-refractivity contribution in [2.45, 2.75) is 25.4 Å². The number of carbonyl (C=O) groups excluding carboxylic acids is 1. The topological polar surface area (TPSA) is 55.0 Å². The first-order chi connectivity index (χ1) is 10.8. The van der Waals surface area contributed by atoms with Crippen LogP contribution < -0.4 is 0 Å². The Kier molecular flexibility index (Phi) is 3.15. The highest BCUT2D eigenvalue weighted by Gasteiger charge is 2.26. The number of fused-ring (bicyclic) bond motifs is 1. The Balaban J connectivity index is 1.54. The number of nitrogens with one attached hydrogen (secondary N) is 1. The number of pyridine rings is 1. The number of aromatic nitrogens is 2. The number of ether oxygens (including phenoxy) is 1. The van der Waals surface area contributed by atoms with E-state index in [1.165, 1.54) is 18.4 Å². The Hall–Kier alpha value is -2.62. The molecular weight excluding hydrogens is 276 g/mol. The Morgan fingerprint density at radius 3 is 2.95 bits per heavy atom. The number of nitrogens with zero attached hydrogens (tertiary/aromatic N) is 1. The normalized spacial score (nSPS) is 14.2. The lowest BCUT2D eigenvalue weighted by Gasteiger charge is -2.10. The number of aromatic amines is 1. The van der Waals surface area contributed by atoms with Crippen LogP contribution in [-0.2, 0) is 11.3 Å². The predicted octanol–water partition coefficient (Wildman–Crippen LogP) is 3.80. The highest BCUT2D eigenvalue weighted by molar-refractivity contribution is 6.02. The summed E-state index contributed by atoms with van der Waals surface area (Å²) in [6, 6.07) is 11.8. The van der Waals surface area contributed by atoms with Crippen molar-refractivity contribution >= 4 is 17.0 Å². The van der Waals surface area contributed by atoms with E-state index >= 15 is 0 Å². The van der Waals surface area contributed by atoms with Crippen molar-refractivity contribution in [3.63, 3.8) is 0 Å². The molecule has 0 spiro atoms. The molecule has 1 N–H and O–H groups in total. The van der Waals surface area contributed by atoms with Crippen molar-refractivity contribution in [2.24, 2.45) is 0 Å². The average molecular weight is 292 g/mol. The van der Waals surface area contributed by atoms with Crippen LogP contribution in [-0.4, -0.2) is 15.9 Å². The number of benzene rings is 1. The van der Waals surface area contributed by atoms with Crippen molar-refractivity contribution in [3.8, 4) is 0 Å². The molecule has 1 aliphatic carbocycles. The molecule has 1 aromatic carbocycles. The zero-order chi connectivity index (χ0) is 14.9. The Morgan fingerprint density at radius 2 is 2.09 bits per heavy atom. The molecule has 0 aliphatic heterocycles. The van der Waals surface area contributed by atoms with Gasteiger partial charge in [-0.1, -0.05) is 24.3 Å². The Morgan fingerprint density at radius 1 is 1.23 bits per heavy atom. The second-order valence-corrected chi connectivity index (χ2v) is 5.65. The fourth-order valence-electron chi connectivity index (χ4n) is 2.82. The minimum atomic E-state index is -0.308. The van der Waals surface area contributed by atoms with E-state index in [0.29, 0.717) is 23.7 Å². The summed E-state index contributed by atoms with van der Waals surface area (Å²) in [5, 5.41) is 0.794. The SMILES string of the molecule is O=C(OCc1ccccc1C1CC1)c1ccnc2[nH]ccc12. The van der Waals surface area contributed by atoms with Gasteiger partial charge in [0, 0.05) is 17.8 Å². The van der Waals surface area contributed by atoms with Gasteiger partial charge in [-0.05, 0) is 42.0 Å². The minimum Gasteiger partial charge on any atom is -0.457 e. The van der Waals surface area contributed by atoms with Crippen LogP contribution in [0.1, 0.15) is 40.2 Å². The van der Waals surface area contributed by atoms with E-state index in [1.54, 1.807) is 18.5 Å². The summed E-state index contributed by atoms with van der Waals surface area (Å²) >= 11 is 0. The molecule has 1 fully saturated rings. The molecule has 1 aliphatic rings. The highest BCUT2D eigenvalue weighted by atomic mass is 16.5. The van der Waals surface area contributed by atoms with E-state index in [1.807, 2.05) is 24.3 Å². The van der Waals surface area contributed by atoms with Crippen molar-refractivity contribution in [3.05, 3.63) is 65.5 Å². The monoisotopic (exact) mass is 292 g/mol. The van der Waals surface area contributed by atoms with Crippen LogP contribution in [0.4, 0.5) is 0 Å². The number of hydrogen-bond acceptors (Lipinski definition) is 3. The summed E-state index contributed by atoms with van der Waals surface area (Å²) in [7, 11) is 0. The molecule has 110 valence electrons. The van der Waals surface area contributed by atoms with Crippen LogP contribution in [0.2, 0.25) is 0 Å². The van der Waals surface area contributed by atoms with Gasteiger partial charge in [0.1, 0.15) is 12.3 Å². The van der Waals surface area contributed by atoms with Crippen molar-refractivity contribution in [1.29, 1.82) is 0 Å². The zero-order valence-corrected chi connectivity index (χ0v) is 12.1. The number of carbonyl (C=O) groups is 1. The summed E-state index contributed by atoms with van der Waals surface area (Å²) in [4.78, 5) is 19.5. The standard InChI is InChI=1S/C18H16N2O2/c21-18(16-8-10-20-17-15(16)7-9-19-17)22-11-13-3-1-2-4-14(13)12-5-6-12/h1-4,7-10,12H,5-6,11H2,(H,19,20). The van der Waals surface area contributed by atoms with Crippen molar-refractivity contribution < 1.29 is 9.53 Å². The van der Waals surface area contributed by atoms with Gasteiger partial charge in [-0.2, -0.15) is 0 Å². The van der Waals surface area contributed by atoms with Crippen LogP contribution in [0.15, 0.2) is 48.8 Å². The minimum absolute atomic E-state index is 0.308. The van der Waals surface area contributed by atoms with Crippen LogP contribution >= 0.6 is 0 Å². The molecule has 0 amide bonds. The van der Waals surface area contributed by atoms with Crippen molar-refractivity contribution in [1.82, 2.24) is 9.97 Å². The van der Waals surface area contributed by atoms with Crippen LogP contribution in [0.25, 0.3) is 11.0 Å². The third-order valence-corrected chi connectivity index (χ3v) is 4.11. The second-order valence-electron chi connectivity index (χ2n) is 5.65. The maximum atomic E-state index is 12.4. The van der Waals surface area contributed by atoms with Crippen LogP contribution in [0, 0.1) is 0 Å². The van der Waals surface area contributed by atoms with Crippen molar-refractivity contribution in [2.75, 3.05) is 0 Å². The maximum Gasteiger partial charge on any atom is 0.339 e. The summed E-state index contributed by atoms with van der Waals surface area (Å²) in [5.41, 5.74) is 3.68. The van der Waals surface area contributed by atoms with Gasteiger partial charge in [-0.25, -0.2) is 9.78 Å². The van der Waals surface area contributed by atoms with E-state index in [9.17, 15) is 4.79 Å². The molecule has 22 heavy (non-hydrogen) atoms. The van der Waals surface area contributed by atoms with E-state index in [2.05, 4.69) is 16.0 Å². The lowest BCUT2D eigenvalue weighted by atomic mass is 10.0. The smallest absolute Gasteiger partial charge is 0.339 e. The van der Waals surface area contributed by atoms with E-state index < -0.39 is 0 Å². The molecule has 4 heteroatoms. The fourth-order valence-corrected chi connectivity index (χ4v) is 2.82. The molecule has 2 aromatic heterocycles. The van der Waals surface area contributed by atoms with E-state index in [-0.39, 0.29) is 5.97 Å². The number of hydrogen-bond donors (Lipinski definition) is 1. The fraction of sp³-hybridized carbons (Fsp3) is 0.222. The van der Waals surface area contributed by atoms with Gasteiger partial charge in [0.25, 0.3) is 0 Å². The van der Waals surface area contributed by atoms with Gasteiger partial charge >= 0.3 is 5.97 Å². The summed E-state index contributed by atoms with van der Waals surface area (Å²) < 4.78 is 5.53. The molecule has 0 saturated heterocycles. The van der Waals surface area contributed by atoms with Gasteiger partial charge in [0.05, 0.1) is 5.56 Å². The third-order valence-electron chi connectivity index (χ3n) is 4.11. The van der Waals surface area contributed by atoms with Gasteiger partial charge in [0.2, 0.25) is 0 Å². The van der Waals surface area contributed by atoms with E-state index in [0.717, 1.165) is 10.9 Å². The number of H-pyrrole nitrogens is 1. The number of esters is 1. The second kappa shape index (κ2) is 5.30. The number of rotatable bonds is 4. The molecule has 1 saturated carbocycles. The largest absolute Gasteiger partial charge is 0.457 e. The molecule has 4 rings (SSSR count). The first-order valence-corrected chi connectivity index (χ1v) is 7.50. The van der Waals surface area contributed by atoms with Crippen LogP contribution in [0.3, 0.4) is 0 Å². The van der Waals surface area contributed by atoms with Gasteiger partial charge in [0.15, 0.2) is 0 Å². The average Bonchev–Trinajstić information content (AvgIpc) is 3.29. The zero-order valence-electron chi connectivity index (χ0n) is 12.1. The molecule has 2 heterocycles. The molecule has 0 radical (unpaired) electrons. The Bertz CT molecular complexity index is 834. The van der Waals surface area contributed by atoms with Gasteiger partial charge < -0.3 is 9.72 Å². The molecule has 0 unspecified atom stereocenters. The van der Waals surface area contributed by atoms with E-state index in [4.69, 9.17) is 4.74 Å². The first-order valence-electron chi connectivity index (χ1n) is 7.50. The molecule has 3 aromatic rings. The molecular formula is C18H16N2O2. The quantitative estimate of drug-likeness (QED) is 0.744. The highest BCUT2D eigenvalue weighted by Crippen LogP contribution is 2.41. The van der Waals surface area contributed by atoms with Gasteiger partial charge in [-0.15, -0.1) is 0 Å².